The first kappa shape index (κ1) is 15.0. The average Bonchev–Trinajstić information content (AvgIpc) is 3.11. The summed E-state index contributed by atoms with van der Waals surface area (Å²) < 4.78 is 6.75. The maximum absolute atomic E-state index is 5.64. The van der Waals surface area contributed by atoms with Gasteiger partial charge >= 0.3 is 0 Å². The summed E-state index contributed by atoms with van der Waals surface area (Å²) in [4.78, 5) is 8.61. The van der Waals surface area contributed by atoms with Crippen molar-refractivity contribution < 1.29 is 4.74 Å². The van der Waals surface area contributed by atoms with Gasteiger partial charge in [-0.3, -0.25) is 0 Å². The summed E-state index contributed by atoms with van der Waals surface area (Å²) in [7, 11) is 0. The largest absolute Gasteiger partial charge is 0.438 e. The third kappa shape index (κ3) is 3.37. The average molecular weight is 352 g/mol. The lowest BCUT2D eigenvalue weighted by Gasteiger charge is -2.04. The zero-order chi connectivity index (χ0) is 16.2. The Hall–Kier alpha value is -2.51. The molecule has 0 fully saturated rings. The van der Waals surface area contributed by atoms with Gasteiger partial charge in [0.25, 0.3) is 0 Å². The Morgan fingerprint density at radius 3 is 2.71 bits per heavy atom. The number of para-hydroxylation sites is 1. The van der Waals surface area contributed by atoms with Crippen molar-refractivity contribution in [1.82, 2.24) is 20.2 Å². The molecule has 3 heterocycles. The molecule has 0 unspecified atom stereocenters. The molecule has 0 aliphatic rings. The van der Waals surface area contributed by atoms with Gasteiger partial charge in [0.05, 0.1) is 15.9 Å². The molecule has 24 heavy (non-hydrogen) atoms. The zero-order valence-electron chi connectivity index (χ0n) is 12.5. The second kappa shape index (κ2) is 6.94. The van der Waals surface area contributed by atoms with Crippen LogP contribution in [0.25, 0.3) is 10.2 Å². The van der Waals surface area contributed by atoms with Crippen LogP contribution in [0.3, 0.4) is 0 Å². The van der Waals surface area contributed by atoms with E-state index in [1.165, 1.54) is 0 Å². The van der Waals surface area contributed by atoms with Crippen LogP contribution in [0.15, 0.2) is 65.3 Å². The van der Waals surface area contributed by atoms with Crippen LogP contribution in [0, 0.1) is 0 Å². The van der Waals surface area contributed by atoms with Gasteiger partial charge in [-0.15, -0.1) is 16.4 Å². The Balaban J connectivity index is 1.43. The standard InChI is InChI=1S/C17H12N4OS2/c1-2-4-13(5-3-1)22-15-7-6-12(20-21-15)10-24-17-16-14(8-9-23-16)18-11-19-17/h1-9,11H,10H2. The summed E-state index contributed by atoms with van der Waals surface area (Å²) in [5.41, 5.74) is 1.86. The number of thioether (sulfide) groups is 1. The molecule has 1 aromatic carbocycles. The molecule has 4 aromatic rings. The number of ether oxygens (including phenoxy) is 1. The molecule has 0 aliphatic carbocycles. The first-order valence-corrected chi connectivity index (χ1v) is 9.11. The second-order valence-electron chi connectivity index (χ2n) is 4.88. The number of thiophene rings is 1. The molecule has 0 saturated carbocycles. The quantitative estimate of drug-likeness (QED) is 0.387. The van der Waals surface area contributed by atoms with Crippen molar-refractivity contribution in [3.63, 3.8) is 0 Å². The van der Waals surface area contributed by atoms with Gasteiger partial charge < -0.3 is 4.74 Å². The predicted molar refractivity (Wildman–Crippen MR) is 95.5 cm³/mol. The molecule has 4 rings (SSSR count). The van der Waals surface area contributed by atoms with Crippen molar-refractivity contribution in [2.45, 2.75) is 10.8 Å². The van der Waals surface area contributed by atoms with E-state index in [-0.39, 0.29) is 0 Å². The third-order valence-corrected chi connectivity index (χ3v) is 5.29. The molecule has 0 N–H and O–H groups in total. The summed E-state index contributed by atoms with van der Waals surface area (Å²) in [6.07, 6.45) is 1.60. The van der Waals surface area contributed by atoms with Crippen molar-refractivity contribution in [2.24, 2.45) is 0 Å². The van der Waals surface area contributed by atoms with Gasteiger partial charge in [-0.25, -0.2) is 9.97 Å². The minimum atomic E-state index is 0.484. The van der Waals surface area contributed by atoms with Gasteiger partial charge in [0.2, 0.25) is 5.88 Å². The van der Waals surface area contributed by atoms with Crippen LogP contribution >= 0.6 is 23.1 Å². The van der Waals surface area contributed by atoms with E-state index >= 15 is 0 Å². The van der Waals surface area contributed by atoms with Crippen molar-refractivity contribution in [3.8, 4) is 11.6 Å². The number of hydrogen-bond acceptors (Lipinski definition) is 7. The molecular formula is C17H12N4OS2. The van der Waals surface area contributed by atoms with Crippen LogP contribution in [0.2, 0.25) is 0 Å². The van der Waals surface area contributed by atoms with Gasteiger partial charge in [0.1, 0.15) is 17.1 Å². The lowest BCUT2D eigenvalue weighted by molar-refractivity contribution is 0.454. The highest BCUT2D eigenvalue weighted by molar-refractivity contribution is 7.98. The number of benzene rings is 1. The van der Waals surface area contributed by atoms with Crippen molar-refractivity contribution in [3.05, 3.63) is 65.9 Å². The molecular weight excluding hydrogens is 340 g/mol. The Kier molecular flexibility index (Phi) is 4.35. The van der Waals surface area contributed by atoms with E-state index in [0.717, 1.165) is 26.7 Å². The highest BCUT2D eigenvalue weighted by Gasteiger charge is 2.07. The molecule has 0 spiro atoms. The number of nitrogens with zero attached hydrogens (tertiary/aromatic N) is 4. The van der Waals surface area contributed by atoms with E-state index in [1.807, 2.05) is 53.9 Å². The summed E-state index contributed by atoms with van der Waals surface area (Å²) in [6, 6.07) is 15.3. The molecule has 7 heteroatoms. The molecule has 118 valence electrons. The molecule has 0 atom stereocenters. The number of hydrogen-bond donors (Lipinski definition) is 0. The van der Waals surface area contributed by atoms with Crippen LogP contribution < -0.4 is 4.74 Å². The summed E-state index contributed by atoms with van der Waals surface area (Å²) >= 11 is 3.28. The number of rotatable bonds is 5. The van der Waals surface area contributed by atoms with Crippen molar-refractivity contribution >= 4 is 33.3 Å². The Morgan fingerprint density at radius 2 is 1.88 bits per heavy atom. The second-order valence-corrected chi connectivity index (χ2v) is 6.76. The summed E-state index contributed by atoms with van der Waals surface area (Å²) in [6.45, 7) is 0. The molecule has 5 nitrogen and oxygen atoms in total. The van der Waals surface area contributed by atoms with Crippen molar-refractivity contribution in [2.75, 3.05) is 0 Å². The first-order valence-electron chi connectivity index (χ1n) is 7.25. The van der Waals surface area contributed by atoms with E-state index in [1.54, 1.807) is 29.4 Å². The first-order chi connectivity index (χ1) is 11.9. The normalized spacial score (nSPS) is 10.8. The lowest BCUT2D eigenvalue weighted by atomic mass is 10.3. The van der Waals surface area contributed by atoms with E-state index in [2.05, 4.69) is 20.2 Å². The zero-order valence-corrected chi connectivity index (χ0v) is 14.1. The maximum atomic E-state index is 5.64. The SMILES string of the molecule is c1ccc(Oc2ccc(CSc3ncnc4ccsc34)nn2)cc1. The summed E-state index contributed by atoms with van der Waals surface area (Å²) in [5.74, 6) is 1.93. The van der Waals surface area contributed by atoms with Gasteiger partial charge in [-0.2, -0.15) is 5.10 Å². The van der Waals surface area contributed by atoms with Crippen LogP contribution in [-0.2, 0) is 5.75 Å². The lowest BCUT2D eigenvalue weighted by Crippen LogP contribution is -1.94. The third-order valence-electron chi connectivity index (χ3n) is 3.23. The van der Waals surface area contributed by atoms with Crippen molar-refractivity contribution in [1.29, 1.82) is 0 Å². The molecule has 0 amide bonds. The maximum Gasteiger partial charge on any atom is 0.238 e. The van der Waals surface area contributed by atoms with Crippen LogP contribution in [-0.4, -0.2) is 20.2 Å². The van der Waals surface area contributed by atoms with Crippen LogP contribution in [0.4, 0.5) is 0 Å². The predicted octanol–water partition coefficient (Wildman–Crippen LogP) is 4.57. The Labute approximate surface area is 146 Å². The Morgan fingerprint density at radius 1 is 0.958 bits per heavy atom. The minimum Gasteiger partial charge on any atom is -0.438 e. The molecule has 0 radical (unpaired) electrons. The summed E-state index contributed by atoms with van der Waals surface area (Å²) in [5, 5.41) is 11.3. The fourth-order valence-corrected chi connectivity index (χ4v) is 3.94. The Bertz CT molecular complexity index is 942. The fourth-order valence-electron chi connectivity index (χ4n) is 2.10. The molecule has 0 bridgehead atoms. The highest BCUT2D eigenvalue weighted by Crippen LogP contribution is 2.30. The number of fused-ring (bicyclic) bond motifs is 1. The van der Waals surface area contributed by atoms with E-state index in [0.29, 0.717) is 11.6 Å². The van der Waals surface area contributed by atoms with Gasteiger partial charge in [-0.1, -0.05) is 30.0 Å². The van der Waals surface area contributed by atoms with Gasteiger partial charge in [0, 0.05) is 11.8 Å². The van der Waals surface area contributed by atoms with Crippen LogP contribution in [0.5, 0.6) is 11.6 Å². The molecule has 0 saturated heterocycles. The van der Waals surface area contributed by atoms with Gasteiger partial charge in [-0.05, 0) is 29.6 Å². The molecule has 3 aromatic heterocycles. The van der Waals surface area contributed by atoms with Crippen LogP contribution in [0.1, 0.15) is 5.69 Å². The smallest absolute Gasteiger partial charge is 0.238 e. The fraction of sp³-hybridized carbons (Fsp3) is 0.0588. The topological polar surface area (TPSA) is 60.8 Å². The molecule has 0 aliphatic heterocycles. The van der Waals surface area contributed by atoms with Gasteiger partial charge in [0.15, 0.2) is 0 Å². The van der Waals surface area contributed by atoms with E-state index in [4.69, 9.17) is 4.74 Å². The minimum absolute atomic E-state index is 0.484. The monoisotopic (exact) mass is 352 g/mol. The van der Waals surface area contributed by atoms with E-state index in [9.17, 15) is 0 Å². The highest BCUT2D eigenvalue weighted by atomic mass is 32.2. The number of aromatic nitrogens is 4. The van der Waals surface area contributed by atoms with E-state index < -0.39 is 0 Å².